The maximum absolute atomic E-state index is 10.2. The van der Waals surface area contributed by atoms with E-state index in [-0.39, 0.29) is 6.42 Å². The molecule has 0 aliphatic rings. The van der Waals surface area contributed by atoms with Crippen LogP contribution >= 0.6 is 11.6 Å². The summed E-state index contributed by atoms with van der Waals surface area (Å²) in [5, 5.41) is 8.71. The number of rotatable bonds is 2. The van der Waals surface area contributed by atoms with Gasteiger partial charge in [0.2, 0.25) is 0 Å². The molecule has 1 rings (SSSR count). The third kappa shape index (κ3) is 2.55. The van der Waals surface area contributed by atoms with Gasteiger partial charge in [-0.05, 0) is 11.6 Å². The third-order valence-corrected chi connectivity index (χ3v) is 1.26. The maximum atomic E-state index is 10.2. The smallest absolute Gasteiger partial charge is 0.307 e. The molecule has 0 saturated heterocycles. The fourth-order valence-corrected chi connectivity index (χ4v) is 0.869. The minimum atomic E-state index is -0.894. The topological polar surface area (TPSA) is 50.2 Å². The number of carboxylic acids is 1. The van der Waals surface area contributed by atoms with Crippen LogP contribution in [0.4, 0.5) is 0 Å². The highest BCUT2D eigenvalue weighted by Gasteiger charge is 2.00. The Labute approximate surface area is 68.6 Å². The first-order valence-corrected chi connectivity index (χ1v) is 3.30. The summed E-state index contributed by atoms with van der Waals surface area (Å²) < 4.78 is 0. The fraction of sp³-hybridized carbons (Fsp3) is 0.143. The van der Waals surface area contributed by atoms with Gasteiger partial charge in [-0.25, -0.2) is 0 Å². The molecule has 1 aromatic heterocycles. The Morgan fingerprint density at radius 2 is 2.55 bits per heavy atom. The van der Waals surface area contributed by atoms with Crippen molar-refractivity contribution in [2.75, 3.05) is 0 Å². The molecule has 0 unspecified atom stereocenters. The second-order valence-electron chi connectivity index (χ2n) is 2.01. The van der Waals surface area contributed by atoms with E-state index in [4.69, 9.17) is 16.7 Å². The Balaban J connectivity index is 2.79. The zero-order valence-electron chi connectivity index (χ0n) is 5.54. The highest BCUT2D eigenvalue weighted by molar-refractivity contribution is 6.30. The van der Waals surface area contributed by atoms with Crippen molar-refractivity contribution in [3.05, 3.63) is 29.0 Å². The SMILES string of the molecule is O=C(O)Cc1cn[c]c(Cl)c1. The Morgan fingerprint density at radius 1 is 1.82 bits per heavy atom. The largest absolute Gasteiger partial charge is 0.481 e. The van der Waals surface area contributed by atoms with Crippen LogP contribution in [-0.4, -0.2) is 16.1 Å². The number of pyridine rings is 1. The van der Waals surface area contributed by atoms with E-state index in [0.717, 1.165) is 0 Å². The summed E-state index contributed by atoms with van der Waals surface area (Å²) in [7, 11) is 0. The predicted molar refractivity (Wildman–Crippen MR) is 39.4 cm³/mol. The molecule has 0 fully saturated rings. The summed E-state index contributed by atoms with van der Waals surface area (Å²) in [4.78, 5) is 13.8. The van der Waals surface area contributed by atoms with Crippen LogP contribution in [-0.2, 0) is 11.2 Å². The van der Waals surface area contributed by atoms with Crippen LogP contribution in [0.1, 0.15) is 5.56 Å². The summed E-state index contributed by atoms with van der Waals surface area (Å²) in [5.41, 5.74) is 0.584. The molecule has 0 spiro atoms. The first-order chi connectivity index (χ1) is 5.18. The Hall–Kier alpha value is -1.09. The highest BCUT2D eigenvalue weighted by atomic mass is 35.5. The summed E-state index contributed by atoms with van der Waals surface area (Å²) in [6.45, 7) is 0. The molecule has 57 valence electrons. The van der Waals surface area contributed by atoms with Crippen LogP contribution in [0.15, 0.2) is 12.3 Å². The van der Waals surface area contributed by atoms with Crippen LogP contribution in [0.25, 0.3) is 0 Å². The normalized spacial score (nSPS) is 9.55. The van der Waals surface area contributed by atoms with Gasteiger partial charge in [0.05, 0.1) is 11.4 Å². The molecular formula is C7H5ClNO2. The number of hydrogen-bond donors (Lipinski definition) is 1. The molecule has 1 radical (unpaired) electrons. The molecule has 1 heterocycles. The van der Waals surface area contributed by atoms with Gasteiger partial charge in [-0.1, -0.05) is 11.6 Å². The van der Waals surface area contributed by atoms with Gasteiger partial charge in [0.15, 0.2) is 0 Å². The van der Waals surface area contributed by atoms with Crippen LogP contribution in [0.3, 0.4) is 0 Å². The van der Waals surface area contributed by atoms with Crippen molar-refractivity contribution in [2.45, 2.75) is 6.42 Å². The van der Waals surface area contributed by atoms with E-state index in [2.05, 4.69) is 11.2 Å². The van der Waals surface area contributed by atoms with E-state index in [0.29, 0.717) is 10.6 Å². The van der Waals surface area contributed by atoms with Gasteiger partial charge in [-0.2, -0.15) is 0 Å². The van der Waals surface area contributed by atoms with Crippen molar-refractivity contribution in [1.29, 1.82) is 0 Å². The van der Waals surface area contributed by atoms with Crippen LogP contribution in [0.2, 0.25) is 5.02 Å². The standard InChI is InChI=1S/C7H5ClNO2/c8-6-1-5(2-7(10)11)3-9-4-6/h1,3H,2H2,(H,10,11). The minimum Gasteiger partial charge on any atom is -0.481 e. The van der Waals surface area contributed by atoms with E-state index in [1.165, 1.54) is 12.3 Å². The molecule has 0 bridgehead atoms. The van der Waals surface area contributed by atoms with Crippen LogP contribution in [0.5, 0.6) is 0 Å². The van der Waals surface area contributed by atoms with Crippen molar-refractivity contribution >= 4 is 17.6 Å². The lowest BCUT2D eigenvalue weighted by Crippen LogP contribution is -1.99. The van der Waals surface area contributed by atoms with Crippen molar-refractivity contribution < 1.29 is 9.90 Å². The zero-order chi connectivity index (χ0) is 8.27. The van der Waals surface area contributed by atoms with E-state index in [9.17, 15) is 4.79 Å². The van der Waals surface area contributed by atoms with Gasteiger partial charge in [0, 0.05) is 6.20 Å². The molecular weight excluding hydrogens is 166 g/mol. The van der Waals surface area contributed by atoms with Gasteiger partial charge >= 0.3 is 5.97 Å². The summed E-state index contributed by atoms with van der Waals surface area (Å²) in [6, 6.07) is 1.53. The third-order valence-electron chi connectivity index (χ3n) is 1.07. The summed E-state index contributed by atoms with van der Waals surface area (Å²) in [6.07, 6.45) is 3.84. The maximum Gasteiger partial charge on any atom is 0.307 e. The number of hydrogen-bond acceptors (Lipinski definition) is 2. The Bertz CT molecular complexity index is 275. The number of carboxylic acid groups (broad SMARTS) is 1. The van der Waals surface area contributed by atoms with E-state index in [1.807, 2.05) is 0 Å². The van der Waals surface area contributed by atoms with Crippen molar-refractivity contribution in [3.8, 4) is 0 Å². The van der Waals surface area contributed by atoms with Crippen molar-refractivity contribution in [3.63, 3.8) is 0 Å². The Morgan fingerprint density at radius 3 is 3.09 bits per heavy atom. The number of aliphatic carboxylic acids is 1. The molecule has 1 aromatic rings. The lowest BCUT2D eigenvalue weighted by atomic mass is 10.2. The van der Waals surface area contributed by atoms with E-state index >= 15 is 0 Å². The van der Waals surface area contributed by atoms with Crippen molar-refractivity contribution in [2.24, 2.45) is 0 Å². The second-order valence-corrected chi connectivity index (χ2v) is 2.41. The lowest BCUT2D eigenvalue weighted by Gasteiger charge is -1.94. The van der Waals surface area contributed by atoms with E-state index < -0.39 is 5.97 Å². The lowest BCUT2D eigenvalue weighted by molar-refractivity contribution is -0.136. The predicted octanol–water partition coefficient (Wildman–Crippen LogP) is 1.16. The average Bonchev–Trinajstić information content (AvgIpc) is 1.85. The molecule has 0 aliphatic carbocycles. The number of carbonyl (C=O) groups is 1. The molecule has 0 amide bonds. The quantitative estimate of drug-likeness (QED) is 0.725. The van der Waals surface area contributed by atoms with Gasteiger partial charge < -0.3 is 5.11 Å². The molecule has 4 heteroatoms. The van der Waals surface area contributed by atoms with Crippen LogP contribution < -0.4 is 0 Å². The first kappa shape index (κ1) is 8.01. The van der Waals surface area contributed by atoms with Crippen molar-refractivity contribution in [1.82, 2.24) is 4.98 Å². The average molecular weight is 171 g/mol. The molecule has 0 atom stereocenters. The van der Waals surface area contributed by atoms with Gasteiger partial charge in [-0.3, -0.25) is 9.78 Å². The zero-order valence-corrected chi connectivity index (χ0v) is 6.30. The fourth-order valence-electron chi connectivity index (χ4n) is 0.680. The number of aromatic nitrogens is 1. The van der Waals surface area contributed by atoms with Gasteiger partial charge in [-0.15, -0.1) is 0 Å². The summed E-state index contributed by atoms with van der Waals surface area (Å²) in [5.74, 6) is -0.894. The highest BCUT2D eigenvalue weighted by Crippen LogP contribution is 2.07. The van der Waals surface area contributed by atoms with E-state index in [1.54, 1.807) is 0 Å². The van der Waals surface area contributed by atoms with Gasteiger partial charge in [0.1, 0.15) is 6.20 Å². The number of nitrogens with zero attached hydrogens (tertiary/aromatic N) is 1. The molecule has 0 aliphatic heterocycles. The van der Waals surface area contributed by atoms with Gasteiger partial charge in [0.25, 0.3) is 0 Å². The molecule has 1 N–H and O–H groups in total. The molecule has 11 heavy (non-hydrogen) atoms. The molecule has 3 nitrogen and oxygen atoms in total. The molecule has 0 saturated carbocycles. The Kier molecular flexibility index (Phi) is 2.44. The van der Waals surface area contributed by atoms with Crippen LogP contribution in [0, 0.1) is 6.20 Å². The minimum absolute atomic E-state index is 0.0542. The monoisotopic (exact) mass is 170 g/mol. The first-order valence-electron chi connectivity index (χ1n) is 2.92. The number of halogens is 1. The molecule has 0 aromatic carbocycles. The summed E-state index contributed by atoms with van der Waals surface area (Å²) >= 11 is 5.52. The second kappa shape index (κ2) is 3.34.